The van der Waals surface area contributed by atoms with Crippen LogP contribution in [0.25, 0.3) is 0 Å². The predicted molar refractivity (Wildman–Crippen MR) is 64.0 cm³/mol. The summed E-state index contributed by atoms with van der Waals surface area (Å²) in [6.07, 6.45) is 10.5. The molecule has 0 aliphatic rings. The van der Waals surface area contributed by atoms with Gasteiger partial charge in [-0.1, -0.05) is 25.7 Å². The van der Waals surface area contributed by atoms with E-state index in [1.165, 1.54) is 0 Å². The van der Waals surface area contributed by atoms with Crippen molar-refractivity contribution in [3.8, 4) is 24.7 Å². The molecule has 0 heterocycles. The number of aliphatic hydroxyl groups is 2. The van der Waals surface area contributed by atoms with Crippen LogP contribution in [-0.2, 0) is 0 Å². The first-order valence-corrected chi connectivity index (χ1v) is 4.94. The van der Waals surface area contributed by atoms with Gasteiger partial charge in [0.05, 0.1) is 0 Å². The SMILES string of the molecule is C#CC(C)(C)O.C#CC(C)(O)CC(C)C. The van der Waals surface area contributed by atoms with Gasteiger partial charge in [0, 0.05) is 0 Å². The number of hydrogen-bond donors (Lipinski definition) is 2. The van der Waals surface area contributed by atoms with Crippen LogP contribution in [0.5, 0.6) is 0 Å². The van der Waals surface area contributed by atoms with Crippen molar-refractivity contribution in [1.29, 1.82) is 0 Å². The van der Waals surface area contributed by atoms with Gasteiger partial charge >= 0.3 is 0 Å². The molecule has 15 heavy (non-hydrogen) atoms. The van der Waals surface area contributed by atoms with Gasteiger partial charge in [0.2, 0.25) is 0 Å². The average Bonchev–Trinajstić information content (AvgIpc) is 2.02. The van der Waals surface area contributed by atoms with E-state index >= 15 is 0 Å². The summed E-state index contributed by atoms with van der Waals surface area (Å²) in [4.78, 5) is 0. The van der Waals surface area contributed by atoms with E-state index in [2.05, 4.69) is 11.8 Å². The molecule has 2 heteroatoms. The molecular formula is C13H22O2. The molecule has 0 amide bonds. The van der Waals surface area contributed by atoms with E-state index in [-0.39, 0.29) is 0 Å². The number of terminal acetylenes is 2. The molecule has 0 aromatic heterocycles. The topological polar surface area (TPSA) is 40.5 Å². The van der Waals surface area contributed by atoms with E-state index in [1.54, 1.807) is 20.8 Å². The highest BCUT2D eigenvalue weighted by Gasteiger charge is 2.17. The van der Waals surface area contributed by atoms with E-state index in [9.17, 15) is 5.11 Å². The maximum absolute atomic E-state index is 9.26. The molecule has 2 nitrogen and oxygen atoms in total. The largest absolute Gasteiger partial charge is 0.378 e. The molecular weight excluding hydrogens is 188 g/mol. The Labute approximate surface area is 93.7 Å². The molecule has 1 atom stereocenters. The second-order valence-electron chi connectivity index (χ2n) is 4.72. The Kier molecular flexibility index (Phi) is 7.15. The van der Waals surface area contributed by atoms with E-state index in [1.807, 2.05) is 13.8 Å². The van der Waals surface area contributed by atoms with Crippen LogP contribution in [0.2, 0.25) is 0 Å². The summed E-state index contributed by atoms with van der Waals surface area (Å²) in [7, 11) is 0. The maximum atomic E-state index is 9.26. The van der Waals surface area contributed by atoms with Crippen LogP contribution in [0, 0.1) is 30.6 Å². The quantitative estimate of drug-likeness (QED) is 0.682. The third-order valence-corrected chi connectivity index (χ3v) is 1.47. The first-order chi connectivity index (χ1) is 6.54. The molecule has 0 aliphatic heterocycles. The van der Waals surface area contributed by atoms with Crippen molar-refractivity contribution in [2.75, 3.05) is 0 Å². The molecule has 0 fully saturated rings. The van der Waals surface area contributed by atoms with Crippen LogP contribution in [0.4, 0.5) is 0 Å². The predicted octanol–water partition coefficient (Wildman–Crippen LogP) is 1.81. The molecule has 0 aliphatic carbocycles. The van der Waals surface area contributed by atoms with Crippen molar-refractivity contribution in [3.63, 3.8) is 0 Å². The second kappa shape index (κ2) is 6.51. The van der Waals surface area contributed by atoms with Crippen molar-refractivity contribution >= 4 is 0 Å². The lowest BCUT2D eigenvalue weighted by atomic mass is 9.95. The molecule has 1 unspecified atom stereocenters. The zero-order chi connectivity index (χ0) is 12.7. The van der Waals surface area contributed by atoms with Crippen molar-refractivity contribution in [1.82, 2.24) is 0 Å². The zero-order valence-electron chi connectivity index (χ0n) is 10.3. The van der Waals surface area contributed by atoms with Crippen LogP contribution in [0.1, 0.15) is 41.0 Å². The third kappa shape index (κ3) is 15.8. The Morgan fingerprint density at radius 3 is 1.47 bits per heavy atom. The van der Waals surface area contributed by atoms with Crippen LogP contribution in [0.15, 0.2) is 0 Å². The van der Waals surface area contributed by atoms with Crippen LogP contribution in [-0.4, -0.2) is 21.4 Å². The minimum atomic E-state index is -0.931. The van der Waals surface area contributed by atoms with E-state index in [4.69, 9.17) is 18.0 Å². The molecule has 0 spiro atoms. The summed E-state index contributed by atoms with van der Waals surface area (Å²) in [5.74, 6) is 4.94. The van der Waals surface area contributed by atoms with Crippen LogP contribution in [0.3, 0.4) is 0 Å². The highest BCUT2D eigenvalue weighted by atomic mass is 16.3. The first-order valence-electron chi connectivity index (χ1n) is 4.94. The minimum Gasteiger partial charge on any atom is -0.378 e. The van der Waals surface area contributed by atoms with E-state index in [0.717, 1.165) is 0 Å². The van der Waals surface area contributed by atoms with Crippen molar-refractivity contribution in [2.45, 2.75) is 52.2 Å². The minimum absolute atomic E-state index is 0.455. The molecule has 0 aromatic carbocycles. The molecule has 0 saturated carbocycles. The standard InChI is InChI=1S/C8H14O.C5H8O/c1-5-8(4,9)6-7(2)3;1-4-5(2,3)6/h1,7,9H,6H2,2-4H3;1,6H,2-3H3. The van der Waals surface area contributed by atoms with Gasteiger partial charge in [-0.3, -0.25) is 0 Å². The lowest BCUT2D eigenvalue weighted by Gasteiger charge is -2.17. The van der Waals surface area contributed by atoms with Gasteiger partial charge in [-0.05, 0) is 33.1 Å². The van der Waals surface area contributed by atoms with E-state index < -0.39 is 11.2 Å². The van der Waals surface area contributed by atoms with Gasteiger partial charge in [-0.15, -0.1) is 12.8 Å². The summed E-state index contributed by atoms with van der Waals surface area (Å²) >= 11 is 0. The lowest BCUT2D eigenvalue weighted by Crippen LogP contribution is -2.23. The van der Waals surface area contributed by atoms with Gasteiger partial charge in [0.15, 0.2) is 0 Å². The summed E-state index contributed by atoms with van der Waals surface area (Å²) < 4.78 is 0. The van der Waals surface area contributed by atoms with Gasteiger partial charge in [-0.25, -0.2) is 0 Å². The lowest BCUT2D eigenvalue weighted by molar-refractivity contribution is 0.0978. The fraction of sp³-hybridized carbons (Fsp3) is 0.692. The first kappa shape index (κ1) is 16.5. The fourth-order valence-corrected chi connectivity index (χ4v) is 0.854. The van der Waals surface area contributed by atoms with Crippen molar-refractivity contribution < 1.29 is 10.2 Å². The van der Waals surface area contributed by atoms with Gasteiger partial charge in [0.25, 0.3) is 0 Å². The summed E-state index contributed by atoms with van der Waals surface area (Å²) in [5.41, 5.74) is -1.84. The Bertz CT molecular complexity index is 243. The molecule has 0 rings (SSSR count). The Hall–Kier alpha value is -0.960. The second-order valence-corrected chi connectivity index (χ2v) is 4.72. The fourth-order valence-electron chi connectivity index (χ4n) is 0.854. The van der Waals surface area contributed by atoms with Gasteiger partial charge in [-0.2, -0.15) is 0 Å². The monoisotopic (exact) mass is 210 g/mol. The Morgan fingerprint density at radius 1 is 1.07 bits per heavy atom. The molecule has 0 saturated heterocycles. The van der Waals surface area contributed by atoms with Crippen molar-refractivity contribution in [2.24, 2.45) is 5.92 Å². The molecule has 86 valence electrons. The van der Waals surface area contributed by atoms with E-state index in [0.29, 0.717) is 12.3 Å². The Balaban J connectivity index is 0. The molecule has 2 N–H and O–H groups in total. The third-order valence-electron chi connectivity index (χ3n) is 1.47. The summed E-state index contributed by atoms with van der Waals surface area (Å²) in [5, 5.41) is 17.8. The molecule has 0 aromatic rings. The number of rotatable bonds is 2. The van der Waals surface area contributed by atoms with Crippen molar-refractivity contribution in [3.05, 3.63) is 0 Å². The normalized spacial score (nSPS) is 14.3. The average molecular weight is 210 g/mol. The van der Waals surface area contributed by atoms with Gasteiger partial charge < -0.3 is 10.2 Å². The smallest absolute Gasteiger partial charge is 0.122 e. The Morgan fingerprint density at radius 2 is 1.40 bits per heavy atom. The molecule has 0 bridgehead atoms. The highest BCUT2D eigenvalue weighted by Crippen LogP contribution is 2.13. The summed E-state index contributed by atoms with van der Waals surface area (Å²) in [6, 6.07) is 0. The number of hydrogen-bond acceptors (Lipinski definition) is 2. The zero-order valence-corrected chi connectivity index (χ0v) is 10.3. The highest BCUT2D eigenvalue weighted by molar-refractivity contribution is 5.04. The maximum Gasteiger partial charge on any atom is 0.122 e. The summed E-state index contributed by atoms with van der Waals surface area (Å²) in [6.45, 7) is 8.85. The molecule has 0 radical (unpaired) electrons. The van der Waals surface area contributed by atoms with Gasteiger partial charge in [0.1, 0.15) is 11.2 Å². The van der Waals surface area contributed by atoms with Crippen LogP contribution < -0.4 is 0 Å². The van der Waals surface area contributed by atoms with Crippen LogP contribution >= 0.6 is 0 Å².